The lowest BCUT2D eigenvalue weighted by Crippen LogP contribution is -1.96. The first-order valence-electron chi connectivity index (χ1n) is 6.30. The van der Waals surface area contributed by atoms with E-state index in [2.05, 4.69) is 65.5 Å². The van der Waals surface area contributed by atoms with Crippen molar-refractivity contribution in [1.82, 2.24) is 0 Å². The van der Waals surface area contributed by atoms with Crippen LogP contribution in [-0.4, -0.2) is 0 Å². The Kier molecular flexibility index (Phi) is 3.79. The lowest BCUT2D eigenvalue weighted by molar-refractivity contribution is 0.955. The van der Waals surface area contributed by atoms with Gasteiger partial charge in [-0.2, -0.15) is 0 Å². The van der Waals surface area contributed by atoms with Gasteiger partial charge < -0.3 is 0 Å². The molecule has 0 amide bonds. The average Bonchev–Trinajstić information content (AvgIpc) is 2.94. The van der Waals surface area contributed by atoms with Gasteiger partial charge in [0.2, 0.25) is 0 Å². The Morgan fingerprint density at radius 1 is 1.11 bits per heavy atom. The molecule has 0 saturated heterocycles. The second-order valence-electron chi connectivity index (χ2n) is 4.90. The van der Waals surface area contributed by atoms with Crippen LogP contribution in [0.25, 0.3) is 9.40 Å². The SMILES string of the molecule is Cc1ccc(C)c(CC(Br)c2cc3sccc3s2)c1. The van der Waals surface area contributed by atoms with E-state index in [1.54, 1.807) is 0 Å². The summed E-state index contributed by atoms with van der Waals surface area (Å²) in [5, 5.41) is 2.17. The summed E-state index contributed by atoms with van der Waals surface area (Å²) in [6.45, 7) is 4.36. The number of benzene rings is 1. The maximum Gasteiger partial charge on any atom is 0.0530 e. The number of thiophene rings is 2. The molecule has 2 heterocycles. The van der Waals surface area contributed by atoms with Crippen LogP contribution < -0.4 is 0 Å². The fraction of sp³-hybridized carbons (Fsp3) is 0.250. The molecule has 2 aromatic heterocycles. The molecule has 0 saturated carbocycles. The molecule has 1 atom stereocenters. The van der Waals surface area contributed by atoms with Crippen molar-refractivity contribution in [3.63, 3.8) is 0 Å². The summed E-state index contributed by atoms with van der Waals surface area (Å²) in [5.74, 6) is 0. The van der Waals surface area contributed by atoms with Gasteiger partial charge in [0, 0.05) is 14.3 Å². The van der Waals surface area contributed by atoms with Gasteiger partial charge in [0.15, 0.2) is 0 Å². The zero-order valence-corrected chi connectivity index (χ0v) is 14.2. The molecular weight excluding hydrogens is 336 g/mol. The molecule has 0 aliphatic carbocycles. The van der Waals surface area contributed by atoms with Gasteiger partial charge in [-0.1, -0.05) is 39.7 Å². The normalized spacial score (nSPS) is 13.0. The Labute approximate surface area is 130 Å². The number of alkyl halides is 1. The van der Waals surface area contributed by atoms with Gasteiger partial charge in [-0.05, 0) is 48.9 Å². The standard InChI is InChI=1S/C16H15BrS2/c1-10-3-4-11(2)12(7-10)8-13(17)15-9-16-14(19-15)5-6-18-16/h3-7,9,13H,8H2,1-2H3. The van der Waals surface area contributed by atoms with Gasteiger partial charge in [-0.3, -0.25) is 0 Å². The van der Waals surface area contributed by atoms with Crippen LogP contribution in [0.3, 0.4) is 0 Å². The molecule has 0 radical (unpaired) electrons. The van der Waals surface area contributed by atoms with Gasteiger partial charge in [-0.25, -0.2) is 0 Å². The Morgan fingerprint density at radius 2 is 1.95 bits per heavy atom. The summed E-state index contributed by atoms with van der Waals surface area (Å²) in [5.41, 5.74) is 4.17. The third-order valence-electron chi connectivity index (χ3n) is 3.37. The molecule has 0 N–H and O–H groups in total. The number of halogens is 1. The van der Waals surface area contributed by atoms with Crippen LogP contribution in [-0.2, 0) is 6.42 Å². The quantitative estimate of drug-likeness (QED) is 0.489. The van der Waals surface area contributed by atoms with E-state index in [9.17, 15) is 0 Å². The van der Waals surface area contributed by atoms with Crippen LogP contribution in [0.4, 0.5) is 0 Å². The first-order chi connectivity index (χ1) is 9.13. The minimum Gasteiger partial charge on any atom is -0.143 e. The fourth-order valence-corrected chi connectivity index (χ4v) is 5.11. The monoisotopic (exact) mass is 350 g/mol. The number of rotatable bonds is 3. The topological polar surface area (TPSA) is 0 Å². The van der Waals surface area contributed by atoms with Crippen LogP contribution in [0.2, 0.25) is 0 Å². The summed E-state index contributed by atoms with van der Waals surface area (Å²) in [6, 6.07) is 11.3. The number of aryl methyl sites for hydroxylation is 2. The largest absolute Gasteiger partial charge is 0.143 e. The number of hydrogen-bond donors (Lipinski definition) is 0. The molecular formula is C16H15BrS2. The van der Waals surface area contributed by atoms with Crippen molar-refractivity contribution in [3.05, 3.63) is 57.3 Å². The summed E-state index contributed by atoms with van der Waals surface area (Å²) in [4.78, 5) is 1.85. The van der Waals surface area contributed by atoms with Gasteiger partial charge in [0.05, 0.1) is 4.83 Å². The van der Waals surface area contributed by atoms with E-state index < -0.39 is 0 Å². The Bertz CT molecular complexity index is 680. The summed E-state index contributed by atoms with van der Waals surface area (Å²) >= 11 is 7.59. The van der Waals surface area contributed by atoms with Crippen molar-refractivity contribution in [3.8, 4) is 0 Å². The smallest absolute Gasteiger partial charge is 0.0530 e. The first-order valence-corrected chi connectivity index (χ1v) is 8.92. The third-order valence-corrected chi connectivity index (χ3v) is 6.70. The molecule has 0 aliphatic rings. The van der Waals surface area contributed by atoms with Gasteiger partial charge >= 0.3 is 0 Å². The molecule has 3 rings (SSSR count). The first kappa shape index (κ1) is 13.3. The van der Waals surface area contributed by atoms with Gasteiger partial charge in [-0.15, -0.1) is 22.7 Å². The predicted octanol–water partition coefficient (Wildman–Crippen LogP) is 6.26. The fourth-order valence-electron chi connectivity index (χ4n) is 2.25. The second kappa shape index (κ2) is 5.39. The van der Waals surface area contributed by atoms with E-state index >= 15 is 0 Å². The molecule has 19 heavy (non-hydrogen) atoms. The van der Waals surface area contributed by atoms with E-state index in [4.69, 9.17) is 0 Å². The minimum atomic E-state index is 0.414. The van der Waals surface area contributed by atoms with Crippen molar-refractivity contribution in [2.75, 3.05) is 0 Å². The van der Waals surface area contributed by atoms with E-state index in [1.165, 1.54) is 31.0 Å². The summed E-state index contributed by atoms with van der Waals surface area (Å²) < 4.78 is 2.82. The molecule has 1 unspecified atom stereocenters. The van der Waals surface area contributed by atoms with E-state index in [0.717, 1.165) is 6.42 Å². The van der Waals surface area contributed by atoms with Crippen LogP contribution >= 0.6 is 38.6 Å². The highest BCUT2D eigenvalue weighted by atomic mass is 79.9. The van der Waals surface area contributed by atoms with Gasteiger partial charge in [0.25, 0.3) is 0 Å². The lowest BCUT2D eigenvalue weighted by atomic mass is 10.0. The van der Waals surface area contributed by atoms with E-state index in [1.807, 2.05) is 22.7 Å². The lowest BCUT2D eigenvalue weighted by Gasteiger charge is -2.11. The molecule has 1 aromatic carbocycles. The maximum absolute atomic E-state index is 3.86. The highest BCUT2D eigenvalue weighted by Crippen LogP contribution is 2.38. The molecule has 0 fully saturated rings. The average molecular weight is 351 g/mol. The Morgan fingerprint density at radius 3 is 2.74 bits per heavy atom. The van der Waals surface area contributed by atoms with Crippen LogP contribution in [0.15, 0.2) is 35.7 Å². The van der Waals surface area contributed by atoms with E-state index in [-0.39, 0.29) is 0 Å². The molecule has 98 valence electrons. The van der Waals surface area contributed by atoms with Crippen LogP contribution in [0.1, 0.15) is 26.4 Å². The Balaban J connectivity index is 1.86. The van der Waals surface area contributed by atoms with Gasteiger partial charge in [0.1, 0.15) is 0 Å². The zero-order valence-electron chi connectivity index (χ0n) is 10.9. The third kappa shape index (κ3) is 2.78. The number of fused-ring (bicyclic) bond motifs is 1. The van der Waals surface area contributed by atoms with Crippen LogP contribution in [0, 0.1) is 13.8 Å². The second-order valence-corrected chi connectivity index (χ2v) is 8.07. The molecule has 0 bridgehead atoms. The highest BCUT2D eigenvalue weighted by Gasteiger charge is 2.14. The van der Waals surface area contributed by atoms with Crippen LogP contribution in [0.5, 0.6) is 0 Å². The molecule has 0 spiro atoms. The maximum atomic E-state index is 3.86. The van der Waals surface area contributed by atoms with Crippen molar-refractivity contribution in [1.29, 1.82) is 0 Å². The van der Waals surface area contributed by atoms with Crippen molar-refractivity contribution >= 4 is 48.0 Å². The zero-order chi connectivity index (χ0) is 13.4. The Hall–Kier alpha value is -0.640. The predicted molar refractivity (Wildman–Crippen MR) is 91.0 cm³/mol. The molecule has 0 aliphatic heterocycles. The summed E-state index contributed by atoms with van der Waals surface area (Å²) in [7, 11) is 0. The van der Waals surface area contributed by atoms with Crippen molar-refractivity contribution in [2.24, 2.45) is 0 Å². The molecule has 3 heteroatoms. The molecule has 3 aromatic rings. The van der Waals surface area contributed by atoms with Crippen molar-refractivity contribution in [2.45, 2.75) is 25.1 Å². The van der Waals surface area contributed by atoms with E-state index in [0.29, 0.717) is 4.83 Å². The summed E-state index contributed by atoms with van der Waals surface area (Å²) in [6.07, 6.45) is 1.06. The minimum absolute atomic E-state index is 0.414. The van der Waals surface area contributed by atoms with Crippen molar-refractivity contribution < 1.29 is 0 Å². The molecule has 0 nitrogen and oxygen atoms in total. The highest BCUT2D eigenvalue weighted by molar-refractivity contribution is 9.09. The number of hydrogen-bond acceptors (Lipinski definition) is 2.